The van der Waals surface area contributed by atoms with Gasteiger partial charge in [0.15, 0.2) is 17.5 Å². The van der Waals surface area contributed by atoms with E-state index in [4.69, 9.17) is 19.4 Å². The molecule has 0 unspecified atom stereocenters. The van der Waals surface area contributed by atoms with E-state index in [1.54, 1.807) is 0 Å². The minimum absolute atomic E-state index is 0.588. The van der Waals surface area contributed by atoms with Crippen LogP contribution in [0.4, 0.5) is 0 Å². The van der Waals surface area contributed by atoms with Crippen LogP contribution in [0.25, 0.3) is 111 Å². The van der Waals surface area contributed by atoms with Crippen LogP contribution in [0.1, 0.15) is 0 Å². The fourth-order valence-corrected chi connectivity index (χ4v) is 8.06. The normalized spacial score (nSPS) is 11.6. The second-order valence-corrected chi connectivity index (χ2v) is 14.0. The monoisotopic (exact) mass is 701 g/mol. The molecule has 11 aromatic rings. The van der Waals surface area contributed by atoms with Crippen molar-refractivity contribution in [1.82, 2.24) is 15.0 Å². The van der Waals surface area contributed by atoms with Crippen LogP contribution in [0, 0.1) is 0 Å². The third-order valence-electron chi connectivity index (χ3n) is 10.7. The van der Waals surface area contributed by atoms with Crippen molar-refractivity contribution in [3.05, 3.63) is 188 Å². The van der Waals surface area contributed by atoms with Gasteiger partial charge in [-0.25, -0.2) is 15.0 Å². The Balaban J connectivity index is 1.05. The summed E-state index contributed by atoms with van der Waals surface area (Å²) in [5, 5.41) is 9.64. The smallest absolute Gasteiger partial charge is 0.164 e. The minimum atomic E-state index is 0.588. The molecule has 0 aliphatic rings. The SMILES string of the molecule is c1ccc(-c2cccc(-c3nc(-c4ccccc4)nc(-c4ccc5c(c4)oc4c(-c6ccc7c8ccccc8c8ccccc8c7c6)cccc45)n3)c2)cc1. The molecule has 2 aromatic heterocycles. The first-order valence-corrected chi connectivity index (χ1v) is 18.5. The molecule has 0 amide bonds. The van der Waals surface area contributed by atoms with Crippen LogP contribution < -0.4 is 0 Å². The standard InChI is InChI=1S/C51H31N3O/c1-3-13-32(14-4-1)34-17-11-18-36(29-34)50-52-49(33-15-5-2-6-16-33)53-51(54-50)37-26-28-44-45-24-12-23-38(48(45)55-47(44)31-37)35-25-27-43-41-21-8-7-19-39(41)40-20-9-10-22-42(40)46(43)30-35/h1-31H. The van der Waals surface area contributed by atoms with Crippen LogP contribution in [0.3, 0.4) is 0 Å². The summed E-state index contributed by atoms with van der Waals surface area (Å²) in [5.41, 5.74) is 8.77. The van der Waals surface area contributed by atoms with E-state index in [1.807, 2.05) is 36.4 Å². The van der Waals surface area contributed by atoms with Crippen molar-refractivity contribution in [2.75, 3.05) is 0 Å². The van der Waals surface area contributed by atoms with Crippen molar-refractivity contribution in [3.63, 3.8) is 0 Å². The van der Waals surface area contributed by atoms with Gasteiger partial charge in [-0.05, 0) is 73.3 Å². The van der Waals surface area contributed by atoms with Crippen molar-refractivity contribution >= 4 is 54.3 Å². The van der Waals surface area contributed by atoms with Gasteiger partial charge < -0.3 is 4.42 Å². The fourth-order valence-electron chi connectivity index (χ4n) is 8.06. The van der Waals surface area contributed by atoms with E-state index in [2.05, 4.69) is 152 Å². The van der Waals surface area contributed by atoms with E-state index >= 15 is 0 Å². The molecule has 55 heavy (non-hydrogen) atoms. The molecule has 0 aliphatic heterocycles. The van der Waals surface area contributed by atoms with Gasteiger partial charge in [0, 0.05) is 33.0 Å². The molecule has 2 heterocycles. The molecule has 256 valence electrons. The number of fused-ring (bicyclic) bond motifs is 9. The summed E-state index contributed by atoms with van der Waals surface area (Å²) in [4.78, 5) is 15.1. The lowest BCUT2D eigenvalue weighted by molar-refractivity contribution is 0.670. The number of hydrogen-bond donors (Lipinski definition) is 0. The van der Waals surface area contributed by atoms with Crippen molar-refractivity contribution in [1.29, 1.82) is 0 Å². The topological polar surface area (TPSA) is 51.8 Å². The molecular weight excluding hydrogens is 671 g/mol. The summed E-state index contributed by atoms with van der Waals surface area (Å²) in [6.07, 6.45) is 0. The second kappa shape index (κ2) is 12.6. The van der Waals surface area contributed by atoms with Gasteiger partial charge in [-0.2, -0.15) is 0 Å². The fraction of sp³-hybridized carbons (Fsp3) is 0. The number of furan rings is 1. The highest BCUT2D eigenvalue weighted by atomic mass is 16.3. The average Bonchev–Trinajstić information content (AvgIpc) is 3.65. The van der Waals surface area contributed by atoms with E-state index in [1.165, 1.54) is 32.3 Å². The zero-order chi connectivity index (χ0) is 36.3. The van der Waals surface area contributed by atoms with Crippen LogP contribution in [0.15, 0.2) is 192 Å². The summed E-state index contributed by atoms with van der Waals surface area (Å²) < 4.78 is 6.79. The maximum atomic E-state index is 6.79. The Hall–Kier alpha value is -7.43. The first-order valence-electron chi connectivity index (χ1n) is 18.5. The maximum Gasteiger partial charge on any atom is 0.164 e. The van der Waals surface area contributed by atoms with Gasteiger partial charge >= 0.3 is 0 Å². The number of nitrogens with zero attached hydrogens (tertiary/aromatic N) is 3. The van der Waals surface area contributed by atoms with Gasteiger partial charge in [-0.15, -0.1) is 0 Å². The summed E-state index contributed by atoms with van der Waals surface area (Å²) in [5.74, 6) is 1.82. The van der Waals surface area contributed by atoms with Crippen molar-refractivity contribution < 1.29 is 4.42 Å². The average molecular weight is 702 g/mol. The quantitative estimate of drug-likeness (QED) is 0.168. The first-order chi connectivity index (χ1) is 27.2. The molecule has 4 heteroatoms. The largest absolute Gasteiger partial charge is 0.455 e. The van der Waals surface area contributed by atoms with Crippen molar-refractivity contribution in [2.24, 2.45) is 0 Å². The summed E-state index contributed by atoms with van der Waals surface area (Å²) in [6, 6.07) is 65.7. The zero-order valence-electron chi connectivity index (χ0n) is 29.6. The minimum Gasteiger partial charge on any atom is -0.455 e. The van der Waals surface area contributed by atoms with Crippen LogP contribution in [0.5, 0.6) is 0 Å². The van der Waals surface area contributed by atoms with Crippen LogP contribution in [-0.4, -0.2) is 15.0 Å². The third kappa shape index (κ3) is 5.26. The lowest BCUT2D eigenvalue weighted by atomic mass is 9.92. The molecule has 0 saturated heterocycles. The third-order valence-corrected chi connectivity index (χ3v) is 10.7. The van der Waals surface area contributed by atoms with E-state index in [0.717, 1.165) is 60.9 Å². The Kier molecular flexibility index (Phi) is 7.14. The highest BCUT2D eigenvalue weighted by Crippen LogP contribution is 2.41. The zero-order valence-corrected chi connectivity index (χ0v) is 29.6. The lowest BCUT2D eigenvalue weighted by Gasteiger charge is -2.12. The molecule has 0 fully saturated rings. The number of benzene rings is 9. The Morgan fingerprint density at radius 2 is 0.745 bits per heavy atom. The Morgan fingerprint density at radius 1 is 0.273 bits per heavy atom. The van der Waals surface area contributed by atoms with Gasteiger partial charge in [0.1, 0.15) is 11.2 Å². The molecule has 0 spiro atoms. The van der Waals surface area contributed by atoms with Crippen molar-refractivity contribution in [2.45, 2.75) is 0 Å². The van der Waals surface area contributed by atoms with E-state index in [-0.39, 0.29) is 0 Å². The maximum absolute atomic E-state index is 6.79. The first kappa shape index (κ1) is 31.1. The van der Waals surface area contributed by atoms with Gasteiger partial charge in [0.05, 0.1) is 0 Å². The molecular formula is C51H31N3O. The predicted octanol–water partition coefficient (Wildman–Crippen LogP) is 13.6. The second-order valence-electron chi connectivity index (χ2n) is 14.0. The highest BCUT2D eigenvalue weighted by Gasteiger charge is 2.18. The van der Waals surface area contributed by atoms with Crippen LogP contribution >= 0.6 is 0 Å². The number of aromatic nitrogens is 3. The molecule has 0 aliphatic carbocycles. The number of hydrogen-bond acceptors (Lipinski definition) is 4. The van der Waals surface area contributed by atoms with Gasteiger partial charge in [-0.3, -0.25) is 0 Å². The molecule has 0 saturated carbocycles. The predicted molar refractivity (Wildman–Crippen MR) is 227 cm³/mol. The molecule has 0 bridgehead atoms. The summed E-state index contributed by atoms with van der Waals surface area (Å²) >= 11 is 0. The van der Waals surface area contributed by atoms with Crippen molar-refractivity contribution in [3.8, 4) is 56.4 Å². The van der Waals surface area contributed by atoms with Crippen LogP contribution in [0.2, 0.25) is 0 Å². The van der Waals surface area contributed by atoms with Gasteiger partial charge in [-0.1, -0.05) is 164 Å². The Bertz CT molecular complexity index is 3220. The van der Waals surface area contributed by atoms with E-state index in [9.17, 15) is 0 Å². The summed E-state index contributed by atoms with van der Waals surface area (Å²) in [7, 11) is 0. The van der Waals surface area contributed by atoms with Crippen LogP contribution in [-0.2, 0) is 0 Å². The number of rotatable bonds is 5. The molecule has 0 atom stereocenters. The summed E-state index contributed by atoms with van der Waals surface area (Å²) in [6.45, 7) is 0. The number of para-hydroxylation sites is 1. The van der Waals surface area contributed by atoms with Gasteiger partial charge in [0.25, 0.3) is 0 Å². The molecule has 0 N–H and O–H groups in total. The Labute approximate surface area is 317 Å². The van der Waals surface area contributed by atoms with Gasteiger partial charge in [0.2, 0.25) is 0 Å². The molecule has 11 rings (SSSR count). The Morgan fingerprint density at radius 3 is 1.44 bits per heavy atom. The van der Waals surface area contributed by atoms with E-state index in [0.29, 0.717) is 17.5 Å². The lowest BCUT2D eigenvalue weighted by Crippen LogP contribution is -2.00. The molecule has 0 radical (unpaired) electrons. The van der Waals surface area contributed by atoms with E-state index < -0.39 is 0 Å². The molecule has 4 nitrogen and oxygen atoms in total. The molecule has 9 aromatic carbocycles. The highest BCUT2D eigenvalue weighted by molar-refractivity contribution is 6.26.